The lowest BCUT2D eigenvalue weighted by Gasteiger charge is -2.20. The van der Waals surface area contributed by atoms with Crippen LogP contribution >= 0.6 is 0 Å². The fourth-order valence-electron chi connectivity index (χ4n) is 1.53. The minimum atomic E-state index is -4.79. The highest BCUT2D eigenvalue weighted by molar-refractivity contribution is 6.59. The predicted molar refractivity (Wildman–Crippen MR) is 71.1 cm³/mol. The van der Waals surface area contributed by atoms with Crippen LogP contribution in [-0.4, -0.2) is 28.9 Å². The SMILES string of the molecule is CC(C)(C)OC(=O)Nc1ccc(B(O)O)c(C(F)(F)F)c1. The number of hydrogen-bond donors (Lipinski definition) is 3. The quantitative estimate of drug-likeness (QED) is 0.727. The van der Waals surface area contributed by atoms with Crippen molar-refractivity contribution in [3.05, 3.63) is 23.8 Å². The van der Waals surface area contributed by atoms with Gasteiger partial charge in [0.2, 0.25) is 0 Å². The van der Waals surface area contributed by atoms with E-state index in [4.69, 9.17) is 14.8 Å². The van der Waals surface area contributed by atoms with Crippen LogP contribution in [0.15, 0.2) is 18.2 Å². The van der Waals surface area contributed by atoms with Crippen molar-refractivity contribution in [2.75, 3.05) is 5.32 Å². The maximum Gasteiger partial charge on any atom is 0.489 e. The Kier molecular flexibility index (Phi) is 4.90. The van der Waals surface area contributed by atoms with E-state index in [2.05, 4.69) is 5.32 Å². The molecule has 0 aliphatic rings. The maximum atomic E-state index is 12.8. The van der Waals surface area contributed by atoms with Gasteiger partial charge in [-0.2, -0.15) is 13.2 Å². The molecule has 116 valence electrons. The minimum absolute atomic E-state index is 0.166. The molecule has 5 nitrogen and oxygen atoms in total. The van der Waals surface area contributed by atoms with Crippen LogP contribution in [0.3, 0.4) is 0 Å². The number of halogens is 3. The first-order valence-electron chi connectivity index (χ1n) is 5.97. The van der Waals surface area contributed by atoms with Gasteiger partial charge in [-0.15, -0.1) is 0 Å². The zero-order valence-corrected chi connectivity index (χ0v) is 11.7. The highest BCUT2D eigenvalue weighted by Crippen LogP contribution is 2.30. The van der Waals surface area contributed by atoms with Crippen LogP contribution in [0.2, 0.25) is 0 Å². The van der Waals surface area contributed by atoms with Gasteiger partial charge in [0.25, 0.3) is 0 Å². The monoisotopic (exact) mass is 305 g/mol. The average molecular weight is 305 g/mol. The van der Waals surface area contributed by atoms with Gasteiger partial charge < -0.3 is 14.8 Å². The lowest BCUT2D eigenvalue weighted by atomic mass is 9.76. The van der Waals surface area contributed by atoms with Crippen LogP contribution in [0.4, 0.5) is 23.7 Å². The molecule has 9 heteroatoms. The number of nitrogens with one attached hydrogen (secondary N) is 1. The summed E-state index contributed by atoms with van der Waals surface area (Å²) < 4.78 is 43.4. The summed E-state index contributed by atoms with van der Waals surface area (Å²) in [6.45, 7) is 4.83. The summed E-state index contributed by atoms with van der Waals surface area (Å²) in [7, 11) is -2.27. The fraction of sp³-hybridized carbons (Fsp3) is 0.417. The Balaban J connectivity index is 3.04. The molecular formula is C12H15BF3NO4. The molecule has 1 amide bonds. The molecule has 0 aromatic heterocycles. The number of benzene rings is 1. The number of anilines is 1. The molecule has 0 saturated heterocycles. The standard InChI is InChI=1S/C12H15BF3NO4/c1-11(2,3)21-10(18)17-7-4-5-9(13(19)20)8(6-7)12(14,15)16/h4-6,19-20H,1-3H3,(H,17,18). The van der Waals surface area contributed by atoms with Crippen molar-refractivity contribution in [1.29, 1.82) is 0 Å². The van der Waals surface area contributed by atoms with Crippen LogP contribution in [0.25, 0.3) is 0 Å². The maximum absolute atomic E-state index is 12.8. The Morgan fingerprint density at radius 1 is 1.24 bits per heavy atom. The lowest BCUT2D eigenvalue weighted by Crippen LogP contribution is -2.36. The molecule has 21 heavy (non-hydrogen) atoms. The van der Waals surface area contributed by atoms with Crippen molar-refractivity contribution in [1.82, 2.24) is 0 Å². The van der Waals surface area contributed by atoms with Gasteiger partial charge in [0.05, 0.1) is 5.56 Å². The number of alkyl halides is 3. The van der Waals surface area contributed by atoms with Crippen molar-refractivity contribution in [2.45, 2.75) is 32.5 Å². The molecule has 0 spiro atoms. The number of ether oxygens (including phenoxy) is 1. The number of carbonyl (C=O) groups is 1. The van der Waals surface area contributed by atoms with E-state index in [-0.39, 0.29) is 5.69 Å². The fourth-order valence-corrected chi connectivity index (χ4v) is 1.53. The summed E-state index contributed by atoms with van der Waals surface area (Å²) in [5.74, 6) is 0. The predicted octanol–water partition coefficient (Wildman–Crippen LogP) is 1.73. The smallest absolute Gasteiger partial charge is 0.444 e. The molecule has 0 atom stereocenters. The summed E-state index contributed by atoms with van der Waals surface area (Å²) >= 11 is 0. The molecule has 3 N–H and O–H groups in total. The zero-order valence-electron chi connectivity index (χ0n) is 11.7. The molecule has 0 heterocycles. The van der Waals surface area contributed by atoms with E-state index >= 15 is 0 Å². The zero-order chi connectivity index (χ0) is 16.4. The third-order valence-corrected chi connectivity index (χ3v) is 2.28. The van der Waals surface area contributed by atoms with Crippen LogP contribution in [0, 0.1) is 0 Å². The van der Waals surface area contributed by atoms with Gasteiger partial charge in [-0.1, -0.05) is 6.07 Å². The molecule has 1 aromatic carbocycles. The second-order valence-electron chi connectivity index (χ2n) is 5.30. The third kappa shape index (κ3) is 5.28. The summed E-state index contributed by atoms with van der Waals surface area (Å²) in [6, 6.07) is 2.60. The summed E-state index contributed by atoms with van der Waals surface area (Å²) in [5.41, 5.74) is -2.90. The minimum Gasteiger partial charge on any atom is -0.444 e. The van der Waals surface area contributed by atoms with Gasteiger partial charge in [0.1, 0.15) is 5.60 Å². The van der Waals surface area contributed by atoms with Crippen molar-refractivity contribution in [3.8, 4) is 0 Å². The molecule has 0 fully saturated rings. The van der Waals surface area contributed by atoms with E-state index < -0.39 is 36.0 Å². The molecule has 1 rings (SSSR count). The summed E-state index contributed by atoms with van der Waals surface area (Å²) in [6.07, 6.45) is -5.70. The Hall–Kier alpha value is -1.74. The topological polar surface area (TPSA) is 78.8 Å². The third-order valence-electron chi connectivity index (χ3n) is 2.28. The van der Waals surface area contributed by atoms with Crippen molar-refractivity contribution in [2.24, 2.45) is 0 Å². The van der Waals surface area contributed by atoms with Gasteiger partial charge in [-0.05, 0) is 38.4 Å². The second-order valence-corrected chi connectivity index (χ2v) is 5.30. The molecular weight excluding hydrogens is 290 g/mol. The van der Waals surface area contributed by atoms with E-state index in [1.54, 1.807) is 20.8 Å². The molecule has 0 bridgehead atoms. The average Bonchev–Trinajstić information content (AvgIpc) is 2.24. The number of rotatable bonds is 2. The van der Waals surface area contributed by atoms with Gasteiger partial charge in [0, 0.05) is 5.69 Å². The Morgan fingerprint density at radius 3 is 2.24 bits per heavy atom. The Labute approximate surface area is 119 Å². The largest absolute Gasteiger partial charge is 0.489 e. The van der Waals surface area contributed by atoms with Crippen molar-refractivity contribution in [3.63, 3.8) is 0 Å². The molecule has 1 aromatic rings. The first-order chi connectivity index (χ1) is 9.40. The first-order valence-corrected chi connectivity index (χ1v) is 5.97. The molecule has 0 aliphatic heterocycles. The van der Waals surface area contributed by atoms with E-state index in [1.807, 2.05) is 0 Å². The number of amides is 1. The summed E-state index contributed by atoms with van der Waals surface area (Å²) in [5, 5.41) is 20.0. The number of hydrogen-bond acceptors (Lipinski definition) is 4. The van der Waals surface area contributed by atoms with E-state index in [1.165, 1.54) is 0 Å². The van der Waals surface area contributed by atoms with Crippen molar-refractivity contribution < 1.29 is 32.8 Å². The molecule has 0 aliphatic carbocycles. The first kappa shape index (κ1) is 17.3. The normalized spacial score (nSPS) is 12.0. The van der Waals surface area contributed by atoms with Crippen LogP contribution in [-0.2, 0) is 10.9 Å². The summed E-state index contributed by atoms with van der Waals surface area (Å²) in [4.78, 5) is 11.5. The lowest BCUT2D eigenvalue weighted by molar-refractivity contribution is -0.136. The van der Waals surface area contributed by atoms with E-state index in [0.717, 1.165) is 12.1 Å². The Bertz CT molecular complexity index is 526. The van der Waals surface area contributed by atoms with E-state index in [9.17, 15) is 18.0 Å². The van der Waals surface area contributed by atoms with Gasteiger partial charge in [-0.3, -0.25) is 5.32 Å². The second kappa shape index (κ2) is 5.94. The van der Waals surface area contributed by atoms with E-state index in [0.29, 0.717) is 6.07 Å². The van der Waals surface area contributed by atoms with Crippen LogP contribution < -0.4 is 10.8 Å². The van der Waals surface area contributed by atoms with Gasteiger partial charge >= 0.3 is 19.4 Å². The molecule has 0 radical (unpaired) electrons. The van der Waals surface area contributed by atoms with Crippen molar-refractivity contribution >= 4 is 24.4 Å². The van der Waals surface area contributed by atoms with Gasteiger partial charge in [0.15, 0.2) is 0 Å². The Morgan fingerprint density at radius 2 is 1.81 bits per heavy atom. The number of carbonyl (C=O) groups excluding carboxylic acids is 1. The molecule has 0 saturated carbocycles. The van der Waals surface area contributed by atoms with Crippen LogP contribution in [0.1, 0.15) is 26.3 Å². The highest BCUT2D eigenvalue weighted by atomic mass is 19.4. The molecule has 0 unspecified atom stereocenters. The van der Waals surface area contributed by atoms with Gasteiger partial charge in [-0.25, -0.2) is 4.79 Å². The van der Waals surface area contributed by atoms with Crippen LogP contribution in [0.5, 0.6) is 0 Å². The highest BCUT2D eigenvalue weighted by Gasteiger charge is 2.36.